The maximum absolute atomic E-state index is 12.7. The van der Waals surface area contributed by atoms with Crippen LogP contribution in [0.5, 0.6) is 0 Å². The van der Waals surface area contributed by atoms with Crippen molar-refractivity contribution in [3.05, 3.63) is 0 Å². The molecule has 6 heteroatoms. The van der Waals surface area contributed by atoms with Crippen molar-refractivity contribution in [2.75, 3.05) is 13.1 Å². The topological polar surface area (TPSA) is 66.6 Å². The lowest BCUT2D eigenvalue weighted by Crippen LogP contribution is -2.55. The number of hydrogen-bond acceptors (Lipinski definition) is 3. The van der Waals surface area contributed by atoms with Crippen molar-refractivity contribution in [3.8, 4) is 0 Å². The summed E-state index contributed by atoms with van der Waals surface area (Å²) in [5, 5.41) is 0. The summed E-state index contributed by atoms with van der Waals surface area (Å²) in [6, 6.07) is 0.296. The van der Waals surface area contributed by atoms with Gasteiger partial charge in [-0.1, -0.05) is 6.42 Å². The zero-order valence-electron chi connectivity index (χ0n) is 11.4. The monoisotopic (exact) mass is 275 g/mol. The highest BCUT2D eigenvalue weighted by Crippen LogP contribution is 2.26. The predicted octanol–water partition coefficient (Wildman–Crippen LogP) is 0.917. The Morgan fingerprint density at radius 2 is 1.67 bits per heavy atom. The summed E-state index contributed by atoms with van der Waals surface area (Å²) in [4.78, 5) is 0. The van der Waals surface area contributed by atoms with Crippen molar-refractivity contribution in [3.63, 3.8) is 0 Å². The van der Waals surface area contributed by atoms with Crippen LogP contribution < -0.4 is 5.73 Å². The van der Waals surface area contributed by atoms with E-state index in [2.05, 4.69) is 0 Å². The smallest absolute Gasteiger partial charge is 0.282 e. The molecule has 2 saturated heterocycles. The highest BCUT2D eigenvalue weighted by atomic mass is 32.2. The van der Waals surface area contributed by atoms with Crippen molar-refractivity contribution >= 4 is 10.2 Å². The average molecular weight is 275 g/mol. The molecule has 3 atom stereocenters. The first kappa shape index (κ1) is 14.2. The van der Waals surface area contributed by atoms with Gasteiger partial charge in [-0.2, -0.15) is 17.0 Å². The largest absolute Gasteiger partial charge is 0.328 e. The minimum Gasteiger partial charge on any atom is -0.328 e. The molecule has 106 valence electrons. The van der Waals surface area contributed by atoms with Crippen LogP contribution in [0.1, 0.15) is 46.0 Å². The van der Waals surface area contributed by atoms with Crippen LogP contribution in [-0.4, -0.2) is 48.2 Å². The summed E-state index contributed by atoms with van der Waals surface area (Å²) >= 11 is 0. The van der Waals surface area contributed by atoms with E-state index in [0.29, 0.717) is 13.1 Å². The molecule has 18 heavy (non-hydrogen) atoms. The lowest BCUT2D eigenvalue weighted by Gasteiger charge is -2.41. The van der Waals surface area contributed by atoms with Crippen molar-refractivity contribution in [1.29, 1.82) is 0 Å². The summed E-state index contributed by atoms with van der Waals surface area (Å²) in [5.41, 5.74) is 5.90. The molecule has 0 spiro atoms. The van der Waals surface area contributed by atoms with Crippen LogP contribution in [-0.2, 0) is 10.2 Å². The van der Waals surface area contributed by atoms with Crippen molar-refractivity contribution < 1.29 is 8.42 Å². The highest BCUT2D eigenvalue weighted by Gasteiger charge is 2.38. The third kappa shape index (κ3) is 2.71. The van der Waals surface area contributed by atoms with Crippen LogP contribution in [0.3, 0.4) is 0 Å². The standard InChI is InChI=1S/C12H25N3O2S/c1-10-5-3-4-7-14(10)18(16,17)15-8-6-12(13)9-11(15)2/h10-12H,3-9,13H2,1-2H3. The highest BCUT2D eigenvalue weighted by molar-refractivity contribution is 7.86. The van der Waals surface area contributed by atoms with Gasteiger partial charge in [-0.05, 0) is 39.5 Å². The van der Waals surface area contributed by atoms with Crippen molar-refractivity contribution in [1.82, 2.24) is 8.61 Å². The molecule has 5 nitrogen and oxygen atoms in total. The minimum atomic E-state index is -3.30. The quantitative estimate of drug-likeness (QED) is 0.815. The van der Waals surface area contributed by atoms with Gasteiger partial charge in [-0.25, -0.2) is 0 Å². The Morgan fingerprint density at radius 1 is 1.00 bits per heavy atom. The molecule has 0 amide bonds. The summed E-state index contributed by atoms with van der Waals surface area (Å²) in [5.74, 6) is 0. The Morgan fingerprint density at radius 3 is 2.28 bits per heavy atom. The van der Waals surface area contributed by atoms with Crippen molar-refractivity contribution in [2.24, 2.45) is 5.73 Å². The zero-order chi connectivity index (χ0) is 13.3. The van der Waals surface area contributed by atoms with Gasteiger partial charge in [0.15, 0.2) is 0 Å². The van der Waals surface area contributed by atoms with Crippen LogP contribution in [0.4, 0.5) is 0 Å². The normalized spacial score (nSPS) is 36.7. The van der Waals surface area contributed by atoms with E-state index >= 15 is 0 Å². The van der Waals surface area contributed by atoms with Gasteiger partial charge in [0.25, 0.3) is 10.2 Å². The Hall–Kier alpha value is -0.170. The molecular formula is C12H25N3O2S. The SMILES string of the molecule is CC1CCCCN1S(=O)(=O)N1CCC(N)CC1C. The molecule has 0 aromatic rings. The first-order chi connectivity index (χ1) is 8.43. The third-order valence-corrected chi connectivity index (χ3v) is 6.46. The number of hydrogen-bond donors (Lipinski definition) is 1. The fourth-order valence-electron chi connectivity index (χ4n) is 3.08. The second kappa shape index (κ2) is 5.45. The second-order valence-electron chi connectivity index (χ2n) is 5.71. The Bertz CT molecular complexity index is 385. The third-order valence-electron chi connectivity index (χ3n) is 4.19. The Balaban J connectivity index is 2.14. The summed E-state index contributed by atoms with van der Waals surface area (Å²) in [6.07, 6.45) is 4.62. The maximum atomic E-state index is 12.7. The molecule has 0 bridgehead atoms. The molecule has 2 aliphatic heterocycles. The van der Waals surface area contributed by atoms with E-state index in [1.165, 1.54) is 0 Å². The molecular weight excluding hydrogens is 250 g/mol. The fraction of sp³-hybridized carbons (Fsp3) is 1.00. The van der Waals surface area contributed by atoms with E-state index in [1.54, 1.807) is 8.61 Å². The molecule has 2 fully saturated rings. The van der Waals surface area contributed by atoms with Crippen LogP contribution in [0.15, 0.2) is 0 Å². The minimum absolute atomic E-state index is 0.0212. The van der Waals surface area contributed by atoms with Gasteiger partial charge in [0.05, 0.1) is 0 Å². The van der Waals surface area contributed by atoms with E-state index in [0.717, 1.165) is 32.1 Å². The Kier molecular flexibility index (Phi) is 4.31. The number of rotatable bonds is 2. The molecule has 0 aliphatic carbocycles. The summed E-state index contributed by atoms with van der Waals surface area (Å²) in [7, 11) is -3.30. The van der Waals surface area contributed by atoms with E-state index in [-0.39, 0.29) is 18.1 Å². The molecule has 3 unspecified atom stereocenters. The van der Waals surface area contributed by atoms with Gasteiger partial charge < -0.3 is 5.73 Å². The molecule has 2 rings (SSSR count). The molecule has 2 N–H and O–H groups in total. The van der Waals surface area contributed by atoms with E-state index in [1.807, 2.05) is 13.8 Å². The van der Waals surface area contributed by atoms with Crippen LogP contribution >= 0.6 is 0 Å². The van der Waals surface area contributed by atoms with Crippen LogP contribution in [0.2, 0.25) is 0 Å². The predicted molar refractivity (Wildman–Crippen MR) is 72.3 cm³/mol. The Labute approximate surface area is 110 Å². The van der Waals surface area contributed by atoms with E-state index in [4.69, 9.17) is 5.73 Å². The van der Waals surface area contributed by atoms with Gasteiger partial charge in [0.1, 0.15) is 0 Å². The van der Waals surface area contributed by atoms with Crippen LogP contribution in [0, 0.1) is 0 Å². The molecule has 0 radical (unpaired) electrons. The average Bonchev–Trinajstić information content (AvgIpc) is 2.28. The molecule has 0 aromatic carbocycles. The van der Waals surface area contributed by atoms with Gasteiger partial charge in [0, 0.05) is 31.2 Å². The van der Waals surface area contributed by atoms with Crippen LogP contribution in [0.25, 0.3) is 0 Å². The summed E-state index contributed by atoms with van der Waals surface area (Å²) < 4.78 is 28.7. The molecule has 0 saturated carbocycles. The van der Waals surface area contributed by atoms with E-state index in [9.17, 15) is 8.42 Å². The number of piperidine rings is 2. The van der Waals surface area contributed by atoms with E-state index < -0.39 is 10.2 Å². The molecule has 2 heterocycles. The molecule has 2 aliphatic rings. The first-order valence-electron chi connectivity index (χ1n) is 6.97. The number of nitrogens with zero attached hydrogens (tertiary/aromatic N) is 2. The first-order valence-corrected chi connectivity index (χ1v) is 8.37. The fourth-order valence-corrected chi connectivity index (χ4v) is 5.15. The number of nitrogens with two attached hydrogens (primary N) is 1. The van der Waals surface area contributed by atoms with Gasteiger partial charge in [-0.15, -0.1) is 0 Å². The van der Waals surface area contributed by atoms with Gasteiger partial charge in [-0.3, -0.25) is 0 Å². The maximum Gasteiger partial charge on any atom is 0.282 e. The summed E-state index contributed by atoms with van der Waals surface area (Å²) in [6.45, 7) is 5.20. The zero-order valence-corrected chi connectivity index (χ0v) is 12.2. The van der Waals surface area contributed by atoms with Crippen molar-refractivity contribution in [2.45, 2.75) is 64.1 Å². The lowest BCUT2D eigenvalue weighted by molar-refractivity contribution is 0.201. The molecule has 0 aromatic heterocycles. The lowest BCUT2D eigenvalue weighted by atomic mass is 10.0. The second-order valence-corrected chi connectivity index (χ2v) is 7.54. The van der Waals surface area contributed by atoms with Gasteiger partial charge in [0.2, 0.25) is 0 Å². The van der Waals surface area contributed by atoms with Gasteiger partial charge >= 0.3 is 0 Å².